The second-order valence-corrected chi connectivity index (χ2v) is 8.21. The lowest BCUT2D eigenvalue weighted by Gasteiger charge is -2.13. The molecule has 0 saturated carbocycles. The molecular formula is C19H18Cl2N4OS. The Balaban J connectivity index is 1.75. The highest BCUT2D eigenvalue weighted by Crippen LogP contribution is 2.29. The second kappa shape index (κ2) is 8.33. The number of halogens is 2. The molecule has 5 nitrogen and oxygen atoms in total. The summed E-state index contributed by atoms with van der Waals surface area (Å²) in [6, 6.07) is 12.9. The number of aromatic nitrogens is 3. The fourth-order valence-corrected chi connectivity index (χ4v) is 3.67. The summed E-state index contributed by atoms with van der Waals surface area (Å²) in [6.07, 6.45) is 0. The number of amides is 1. The average molecular weight is 421 g/mol. The van der Waals surface area contributed by atoms with Crippen molar-refractivity contribution in [2.75, 3.05) is 5.32 Å². The van der Waals surface area contributed by atoms with Gasteiger partial charge < -0.3 is 9.88 Å². The molecule has 27 heavy (non-hydrogen) atoms. The average Bonchev–Trinajstić information content (AvgIpc) is 2.99. The summed E-state index contributed by atoms with van der Waals surface area (Å²) < 4.78 is 1.89. The lowest BCUT2D eigenvalue weighted by atomic mass is 10.1. The molecule has 0 saturated heterocycles. The molecule has 1 amide bonds. The van der Waals surface area contributed by atoms with Crippen LogP contribution in [0, 0.1) is 6.92 Å². The lowest BCUT2D eigenvalue weighted by Crippen LogP contribution is -2.23. The van der Waals surface area contributed by atoms with E-state index in [9.17, 15) is 4.79 Å². The zero-order valence-corrected chi connectivity index (χ0v) is 17.4. The van der Waals surface area contributed by atoms with Crippen LogP contribution in [0.25, 0.3) is 11.4 Å². The number of nitrogens with one attached hydrogen (secondary N) is 1. The summed E-state index contributed by atoms with van der Waals surface area (Å²) in [5, 5.41) is 12.5. The van der Waals surface area contributed by atoms with Crippen molar-refractivity contribution in [1.29, 1.82) is 0 Å². The minimum atomic E-state index is -0.396. The van der Waals surface area contributed by atoms with E-state index in [4.69, 9.17) is 23.2 Å². The third-order valence-electron chi connectivity index (χ3n) is 4.06. The summed E-state index contributed by atoms with van der Waals surface area (Å²) in [5.74, 6) is 0.575. The molecule has 8 heteroatoms. The zero-order chi connectivity index (χ0) is 19.6. The Morgan fingerprint density at radius 3 is 2.67 bits per heavy atom. The largest absolute Gasteiger partial charge is 0.324 e. The lowest BCUT2D eigenvalue weighted by molar-refractivity contribution is -0.115. The Morgan fingerprint density at radius 1 is 1.19 bits per heavy atom. The van der Waals surface area contributed by atoms with Crippen LogP contribution in [0.5, 0.6) is 0 Å². The molecule has 0 spiro atoms. The number of carbonyl (C=O) groups excluding carboxylic acids is 1. The molecule has 140 valence electrons. The van der Waals surface area contributed by atoms with Crippen molar-refractivity contribution in [3.63, 3.8) is 0 Å². The van der Waals surface area contributed by atoms with Crippen molar-refractivity contribution in [1.82, 2.24) is 14.8 Å². The maximum absolute atomic E-state index is 12.5. The molecule has 1 aromatic heterocycles. The number of hydrogen-bond donors (Lipinski definition) is 1. The van der Waals surface area contributed by atoms with Crippen LogP contribution in [0.2, 0.25) is 10.0 Å². The number of hydrogen-bond acceptors (Lipinski definition) is 4. The first-order valence-electron chi connectivity index (χ1n) is 8.24. The molecule has 3 rings (SSSR count). The van der Waals surface area contributed by atoms with Gasteiger partial charge in [0.2, 0.25) is 5.91 Å². The Labute approximate surface area is 172 Å². The van der Waals surface area contributed by atoms with E-state index in [0.29, 0.717) is 20.9 Å². The van der Waals surface area contributed by atoms with Crippen LogP contribution in [0.15, 0.2) is 47.6 Å². The maximum Gasteiger partial charge on any atom is 0.237 e. The second-order valence-electron chi connectivity index (χ2n) is 6.05. The number of thioether (sulfide) groups is 1. The predicted molar refractivity (Wildman–Crippen MR) is 112 cm³/mol. The van der Waals surface area contributed by atoms with Crippen LogP contribution in [0.3, 0.4) is 0 Å². The van der Waals surface area contributed by atoms with Gasteiger partial charge in [-0.05, 0) is 37.6 Å². The SMILES string of the molecule is Cc1ccccc1-c1nnc(S[C@H](C)C(=O)Nc2cc(Cl)ccc2Cl)n1C. The fraction of sp³-hybridized carbons (Fsp3) is 0.211. The van der Waals surface area contributed by atoms with Gasteiger partial charge in [0.15, 0.2) is 11.0 Å². The van der Waals surface area contributed by atoms with Crippen LogP contribution in [-0.4, -0.2) is 25.9 Å². The maximum atomic E-state index is 12.5. The van der Waals surface area contributed by atoms with Crippen molar-refractivity contribution in [2.45, 2.75) is 24.3 Å². The van der Waals surface area contributed by atoms with Crippen molar-refractivity contribution in [3.8, 4) is 11.4 Å². The first-order valence-corrected chi connectivity index (χ1v) is 9.88. The van der Waals surface area contributed by atoms with Crippen molar-refractivity contribution < 1.29 is 4.79 Å². The molecule has 3 aromatic rings. The van der Waals surface area contributed by atoms with E-state index in [1.165, 1.54) is 11.8 Å². The summed E-state index contributed by atoms with van der Waals surface area (Å²) in [5.41, 5.74) is 2.62. The van der Waals surface area contributed by atoms with Crippen molar-refractivity contribution in [2.24, 2.45) is 7.05 Å². The third kappa shape index (κ3) is 4.46. The van der Waals surface area contributed by atoms with E-state index in [1.807, 2.05) is 42.8 Å². The van der Waals surface area contributed by atoms with Gasteiger partial charge in [-0.1, -0.05) is 59.2 Å². The van der Waals surface area contributed by atoms with Gasteiger partial charge in [-0.3, -0.25) is 4.79 Å². The van der Waals surface area contributed by atoms with E-state index in [2.05, 4.69) is 15.5 Å². The predicted octanol–water partition coefficient (Wildman–Crippen LogP) is 5.22. The monoisotopic (exact) mass is 420 g/mol. The number of benzene rings is 2. The highest BCUT2D eigenvalue weighted by atomic mass is 35.5. The van der Waals surface area contributed by atoms with E-state index < -0.39 is 5.25 Å². The topological polar surface area (TPSA) is 59.8 Å². The molecule has 1 N–H and O–H groups in total. The molecule has 0 aliphatic carbocycles. The molecule has 0 aliphatic rings. The summed E-state index contributed by atoms with van der Waals surface area (Å²) >= 11 is 13.4. The van der Waals surface area contributed by atoms with Crippen LogP contribution in [-0.2, 0) is 11.8 Å². The highest BCUT2D eigenvalue weighted by molar-refractivity contribution is 8.00. The molecule has 1 atom stereocenters. The summed E-state index contributed by atoms with van der Waals surface area (Å²) in [7, 11) is 1.89. The Hall–Kier alpha value is -2.02. The number of nitrogens with zero attached hydrogens (tertiary/aromatic N) is 3. The quantitative estimate of drug-likeness (QED) is 0.574. The molecule has 0 fully saturated rings. The Morgan fingerprint density at radius 2 is 1.93 bits per heavy atom. The van der Waals surface area contributed by atoms with E-state index in [1.54, 1.807) is 25.1 Å². The molecule has 2 aromatic carbocycles. The van der Waals surface area contributed by atoms with Gasteiger partial charge in [0.25, 0.3) is 0 Å². The van der Waals surface area contributed by atoms with Gasteiger partial charge in [-0.15, -0.1) is 10.2 Å². The van der Waals surface area contributed by atoms with Crippen LogP contribution in [0.4, 0.5) is 5.69 Å². The molecule has 0 radical (unpaired) electrons. The van der Waals surface area contributed by atoms with Crippen LogP contribution < -0.4 is 5.32 Å². The molecule has 0 aliphatic heterocycles. The Kier molecular flexibility index (Phi) is 6.09. The minimum absolute atomic E-state index is 0.190. The third-order valence-corrected chi connectivity index (χ3v) is 5.76. The summed E-state index contributed by atoms with van der Waals surface area (Å²) in [6.45, 7) is 3.84. The number of rotatable bonds is 5. The number of carbonyl (C=O) groups is 1. The Bertz CT molecular complexity index is 990. The van der Waals surface area contributed by atoms with Gasteiger partial charge >= 0.3 is 0 Å². The van der Waals surface area contributed by atoms with Crippen molar-refractivity contribution >= 4 is 46.6 Å². The molecule has 1 heterocycles. The smallest absolute Gasteiger partial charge is 0.237 e. The summed E-state index contributed by atoms with van der Waals surface area (Å²) in [4.78, 5) is 12.5. The number of anilines is 1. The normalized spacial score (nSPS) is 12.0. The van der Waals surface area contributed by atoms with Gasteiger partial charge in [0.1, 0.15) is 0 Å². The standard InChI is InChI=1S/C19H18Cl2N4OS/c1-11-6-4-5-7-14(11)17-23-24-19(25(17)3)27-12(2)18(26)22-16-10-13(20)8-9-15(16)21/h4-10,12H,1-3H3,(H,22,26)/t12-/m1/s1. The first-order chi connectivity index (χ1) is 12.9. The minimum Gasteiger partial charge on any atom is -0.324 e. The van der Waals surface area contributed by atoms with Gasteiger partial charge in [0, 0.05) is 17.6 Å². The van der Waals surface area contributed by atoms with E-state index >= 15 is 0 Å². The van der Waals surface area contributed by atoms with Gasteiger partial charge in [-0.2, -0.15) is 0 Å². The van der Waals surface area contributed by atoms with E-state index in [-0.39, 0.29) is 5.91 Å². The zero-order valence-electron chi connectivity index (χ0n) is 15.0. The fourth-order valence-electron chi connectivity index (χ4n) is 2.52. The molecule has 0 unspecified atom stereocenters. The molecule has 0 bridgehead atoms. The molecular weight excluding hydrogens is 403 g/mol. The van der Waals surface area contributed by atoms with Gasteiger partial charge in [0.05, 0.1) is 16.0 Å². The number of aryl methyl sites for hydroxylation is 1. The first kappa shape index (κ1) is 19.7. The van der Waals surface area contributed by atoms with Crippen molar-refractivity contribution in [3.05, 3.63) is 58.1 Å². The van der Waals surface area contributed by atoms with Crippen LogP contribution in [0.1, 0.15) is 12.5 Å². The van der Waals surface area contributed by atoms with Crippen LogP contribution >= 0.6 is 35.0 Å². The van der Waals surface area contributed by atoms with Gasteiger partial charge in [-0.25, -0.2) is 0 Å². The van der Waals surface area contributed by atoms with E-state index in [0.717, 1.165) is 17.0 Å². The highest BCUT2D eigenvalue weighted by Gasteiger charge is 2.20.